The molecule has 0 unspecified atom stereocenters. The van der Waals surface area contributed by atoms with E-state index < -0.39 is 0 Å². The summed E-state index contributed by atoms with van der Waals surface area (Å²) in [7, 11) is 1.70. The number of nitrogens with zero attached hydrogens (tertiary/aromatic N) is 2. The van der Waals surface area contributed by atoms with E-state index in [1.807, 2.05) is 18.2 Å². The van der Waals surface area contributed by atoms with Crippen molar-refractivity contribution >= 4 is 5.91 Å². The van der Waals surface area contributed by atoms with Crippen LogP contribution in [0.1, 0.15) is 24.8 Å². The molecule has 3 saturated heterocycles. The van der Waals surface area contributed by atoms with Crippen LogP contribution in [0.3, 0.4) is 0 Å². The van der Waals surface area contributed by atoms with Crippen molar-refractivity contribution in [2.75, 3.05) is 33.4 Å². The summed E-state index contributed by atoms with van der Waals surface area (Å²) in [5.41, 5.74) is 1.15. The fraction of sp³-hybridized carbons (Fsp3) is 0.632. The normalized spacial score (nSPS) is 29.6. The number of hydrogen-bond donors (Lipinski definition) is 0. The number of rotatable bonds is 4. The van der Waals surface area contributed by atoms with E-state index in [2.05, 4.69) is 11.0 Å². The highest BCUT2D eigenvalue weighted by molar-refractivity contribution is 5.79. The summed E-state index contributed by atoms with van der Waals surface area (Å²) in [6.45, 7) is 3.55. The highest BCUT2D eigenvalue weighted by Crippen LogP contribution is 2.36. The minimum absolute atomic E-state index is 0.0206. The van der Waals surface area contributed by atoms with Gasteiger partial charge in [0, 0.05) is 37.8 Å². The summed E-state index contributed by atoms with van der Waals surface area (Å²) < 4.78 is 11.4. The smallest absolute Gasteiger partial charge is 0.253 e. The predicted octanol–water partition coefficient (Wildman–Crippen LogP) is 1.84. The number of para-hydroxylation sites is 1. The Morgan fingerprint density at radius 2 is 2.16 bits per heavy atom. The van der Waals surface area contributed by atoms with Crippen LogP contribution in [0.2, 0.25) is 0 Å². The number of hydroxylamine groups is 2. The van der Waals surface area contributed by atoms with Gasteiger partial charge in [-0.25, -0.2) is 5.06 Å². The van der Waals surface area contributed by atoms with E-state index in [1.54, 1.807) is 12.2 Å². The molecular weight excluding hydrogens is 320 g/mol. The number of likely N-dealkylation sites (tertiary alicyclic amines) is 1. The van der Waals surface area contributed by atoms with Gasteiger partial charge in [-0.05, 0) is 25.3 Å². The standard InChI is InChI=1S/C19H26N2O4/c1-23-17-7-3-2-6-14(17)12-20-13-15(18-16(20)8-11-24-18)19(22)21-9-4-5-10-25-21/h2-3,6-7,15-16,18H,4-5,8-13H2,1H3/t15-,16+,18+/m0/s1. The van der Waals surface area contributed by atoms with E-state index in [0.29, 0.717) is 25.7 Å². The Labute approximate surface area is 148 Å². The van der Waals surface area contributed by atoms with Gasteiger partial charge in [0.25, 0.3) is 5.91 Å². The van der Waals surface area contributed by atoms with Gasteiger partial charge in [0.15, 0.2) is 0 Å². The molecule has 0 spiro atoms. The maximum absolute atomic E-state index is 12.9. The Kier molecular flexibility index (Phi) is 4.92. The first-order valence-corrected chi connectivity index (χ1v) is 9.20. The molecule has 3 atom stereocenters. The predicted molar refractivity (Wildman–Crippen MR) is 91.9 cm³/mol. The summed E-state index contributed by atoms with van der Waals surface area (Å²) in [5.74, 6) is 0.839. The molecule has 3 aliphatic heterocycles. The van der Waals surface area contributed by atoms with Crippen molar-refractivity contribution < 1.29 is 19.1 Å². The average Bonchev–Trinajstić information content (AvgIpc) is 3.26. The lowest BCUT2D eigenvalue weighted by atomic mass is 10.0. The zero-order valence-corrected chi connectivity index (χ0v) is 14.7. The molecule has 0 aliphatic carbocycles. The molecule has 3 fully saturated rings. The second kappa shape index (κ2) is 7.32. The average molecular weight is 346 g/mol. The van der Waals surface area contributed by atoms with Crippen LogP contribution in [0.5, 0.6) is 5.75 Å². The van der Waals surface area contributed by atoms with E-state index in [9.17, 15) is 4.79 Å². The lowest BCUT2D eigenvalue weighted by molar-refractivity contribution is -0.203. The van der Waals surface area contributed by atoms with Gasteiger partial charge in [0.05, 0.1) is 25.7 Å². The van der Waals surface area contributed by atoms with Crippen LogP contribution >= 0.6 is 0 Å². The van der Waals surface area contributed by atoms with Crippen LogP contribution in [-0.2, 0) is 20.9 Å². The molecule has 0 N–H and O–H groups in total. The second-order valence-electron chi connectivity index (χ2n) is 7.02. The molecule has 1 aromatic carbocycles. The van der Waals surface area contributed by atoms with Gasteiger partial charge in [0.1, 0.15) is 5.75 Å². The Morgan fingerprint density at radius 1 is 1.28 bits per heavy atom. The SMILES string of the molecule is COc1ccccc1CN1C[C@H](C(=O)N2CCCCO2)[C@H]2OCC[C@H]21. The molecule has 136 valence electrons. The van der Waals surface area contributed by atoms with Crippen LogP contribution in [0.4, 0.5) is 0 Å². The fourth-order valence-corrected chi connectivity index (χ4v) is 4.28. The Bertz CT molecular complexity index is 617. The lowest BCUT2D eigenvalue weighted by Crippen LogP contribution is -2.43. The first kappa shape index (κ1) is 16.8. The lowest BCUT2D eigenvalue weighted by Gasteiger charge is -2.29. The van der Waals surface area contributed by atoms with E-state index in [1.165, 1.54) is 0 Å². The van der Waals surface area contributed by atoms with Crippen LogP contribution in [0.25, 0.3) is 0 Å². The van der Waals surface area contributed by atoms with Gasteiger partial charge in [-0.2, -0.15) is 0 Å². The molecule has 3 heterocycles. The highest BCUT2D eigenvalue weighted by Gasteiger charge is 2.50. The van der Waals surface area contributed by atoms with Crippen molar-refractivity contribution in [3.63, 3.8) is 0 Å². The number of amides is 1. The Morgan fingerprint density at radius 3 is 2.96 bits per heavy atom. The van der Waals surface area contributed by atoms with Crippen molar-refractivity contribution in [3.8, 4) is 5.75 Å². The third-order valence-electron chi connectivity index (χ3n) is 5.53. The molecule has 1 amide bonds. The minimum Gasteiger partial charge on any atom is -0.496 e. The molecule has 4 rings (SSSR count). The van der Waals surface area contributed by atoms with Gasteiger partial charge in [0.2, 0.25) is 0 Å². The summed E-state index contributed by atoms with van der Waals surface area (Å²) in [6.07, 6.45) is 2.99. The molecule has 25 heavy (non-hydrogen) atoms. The quantitative estimate of drug-likeness (QED) is 0.833. The first-order valence-electron chi connectivity index (χ1n) is 9.20. The molecule has 0 saturated carbocycles. The van der Waals surface area contributed by atoms with Crippen molar-refractivity contribution in [2.24, 2.45) is 5.92 Å². The zero-order chi connectivity index (χ0) is 17.2. The maximum atomic E-state index is 12.9. The van der Waals surface area contributed by atoms with Gasteiger partial charge in [-0.1, -0.05) is 18.2 Å². The summed E-state index contributed by atoms with van der Waals surface area (Å²) in [6, 6.07) is 8.38. The molecule has 1 aromatic rings. The highest BCUT2D eigenvalue weighted by atomic mass is 16.7. The monoisotopic (exact) mass is 346 g/mol. The summed E-state index contributed by atoms with van der Waals surface area (Å²) >= 11 is 0. The number of ether oxygens (including phenoxy) is 2. The molecule has 3 aliphatic rings. The summed E-state index contributed by atoms with van der Waals surface area (Å²) in [5, 5.41) is 1.57. The molecular formula is C19H26N2O4. The largest absolute Gasteiger partial charge is 0.496 e. The molecule has 6 nitrogen and oxygen atoms in total. The Balaban J connectivity index is 1.49. The van der Waals surface area contributed by atoms with Crippen LogP contribution in [-0.4, -0.2) is 61.4 Å². The van der Waals surface area contributed by atoms with Crippen molar-refractivity contribution in [3.05, 3.63) is 29.8 Å². The van der Waals surface area contributed by atoms with Gasteiger partial charge < -0.3 is 9.47 Å². The van der Waals surface area contributed by atoms with Crippen molar-refractivity contribution in [2.45, 2.75) is 38.0 Å². The summed E-state index contributed by atoms with van der Waals surface area (Å²) in [4.78, 5) is 20.9. The number of hydrogen-bond acceptors (Lipinski definition) is 5. The van der Waals surface area contributed by atoms with Gasteiger partial charge >= 0.3 is 0 Å². The first-order chi connectivity index (χ1) is 12.3. The molecule has 0 bridgehead atoms. The van der Waals surface area contributed by atoms with Crippen LogP contribution in [0, 0.1) is 5.92 Å². The van der Waals surface area contributed by atoms with E-state index in [4.69, 9.17) is 14.3 Å². The second-order valence-corrected chi connectivity index (χ2v) is 7.02. The van der Waals surface area contributed by atoms with Crippen molar-refractivity contribution in [1.29, 1.82) is 0 Å². The zero-order valence-electron chi connectivity index (χ0n) is 14.7. The Hall–Kier alpha value is -1.63. The van der Waals surface area contributed by atoms with E-state index in [0.717, 1.165) is 43.7 Å². The van der Waals surface area contributed by atoms with Gasteiger partial charge in [-0.15, -0.1) is 0 Å². The third kappa shape index (κ3) is 3.26. The van der Waals surface area contributed by atoms with Crippen molar-refractivity contribution in [1.82, 2.24) is 9.96 Å². The van der Waals surface area contributed by atoms with Crippen LogP contribution in [0.15, 0.2) is 24.3 Å². The van der Waals surface area contributed by atoms with E-state index >= 15 is 0 Å². The number of benzene rings is 1. The van der Waals surface area contributed by atoms with Gasteiger partial charge in [-0.3, -0.25) is 14.5 Å². The third-order valence-corrected chi connectivity index (χ3v) is 5.53. The number of carbonyl (C=O) groups is 1. The molecule has 0 radical (unpaired) electrons. The minimum atomic E-state index is -0.139. The number of fused-ring (bicyclic) bond motifs is 1. The maximum Gasteiger partial charge on any atom is 0.253 e. The molecule has 6 heteroatoms. The van der Waals surface area contributed by atoms with E-state index in [-0.39, 0.29) is 17.9 Å². The molecule has 0 aromatic heterocycles. The number of carbonyl (C=O) groups excluding carboxylic acids is 1. The fourth-order valence-electron chi connectivity index (χ4n) is 4.28. The topological polar surface area (TPSA) is 51.2 Å². The number of methoxy groups -OCH3 is 1. The van der Waals surface area contributed by atoms with Crippen LogP contribution < -0.4 is 4.74 Å².